The van der Waals surface area contributed by atoms with E-state index in [1.807, 2.05) is 6.07 Å². The molecule has 1 aromatic heterocycles. The SMILES string of the molecule is CC(C)(C)CNCCN1CNc2c1ccnc2N. The van der Waals surface area contributed by atoms with E-state index in [0.29, 0.717) is 11.2 Å². The van der Waals surface area contributed by atoms with Crippen LogP contribution in [-0.4, -0.2) is 31.3 Å². The van der Waals surface area contributed by atoms with Gasteiger partial charge in [-0.3, -0.25) is 0 Å². The van der Waals surface area contributed by atoms with E-state index in [1.165, 1.54) is 0 Å². The molecule has 1 aromatic rings. The van der Waals surface area contributed by atoms with Gasteiger partial charge < -0.3 is 21.3 Å². The van der Waals surface area contributed by atoms with E-state index in [4.69, 9.17) is 5.73 Å². The highest BCUT2D eigenvalue weighted by atomic mass is 15.3. The lowest BCUT2D eigenvalue weighted by Gasteiger charge is -2.22. The molecule has 0 amide bonds. The van der Waals surface area contributed by atoms with Crippen LogP contribution in [0.3, 0.4) is 0 Å². The minimum Gasteiger partial charge on any atom is -0.382 e. The Bertz CT molecular complexity index is 410. The third-order valence-electron chi connectivity index (χ3n) is 2.96. The maximum Gasteiger partial charge on any atom is 0.148 e. The van der Waals surface area contributed by atoms with Gasteiger partial charge in [-0.2, -0.15) is 0 Å². The zero-order valence-corrected chi connectivity index (χ0v) is 11.5. The summed E-state index contributed by atoms with van der Waals surface area (Å²) in [6.07, 6.45) is 1.76. The summed E-state index contributed by atoms with van der Waals surface area (Å²) in [6.45, 7) is 10.5. The first-order valence-corrected chi connectivity index (χ1v) is 6.41. The number of nitrogen functional groups attached to an aromatic ring is 1. The van der Waals surface area contributed by atoms with Crippen molar-refractivity contribution in [3.8, 4) is 0 Å². The van der Waals surface area contributed by atoms with Crippen molar-refractivity contribution < 1.29 is 0 Å². The predicted octanol–water partition coefficient (Wildman–Crippen LogP) is 1.49. The highest BCUT2D eigenvalue weighted by molar-refractivity contribution is 5.82. The molecule has 0 fully saturated rings. The Labute approximate surface area is 109 Å². The van der Waals surface area contributed by atoms with Gasteiger partial charge in [-0.15, -0.1) is 0 Å². The smallest absolute Gasteiger partial charge is 0.148 e. The molecule has 100 valence electrons. The molecule has 0 aliphatic carbocycles. The van der Waals surface area contributed by atoms with E-state index in [0.717, 1.165) is 37.7 Å². The molecule has 2 rings (SSSR count). The molecule has 0 aromatic carbocycles. The lowest BCUT2D eigenvalue weighted by Crippen LogP contribution is -2.35. The van der Waals surface area contributed by atoms with Gasteiger partial charge in [0.05, 0.1) is 12.4 Å². The van der Waals surface area contributed by atoms with Crippen molar-refractivity contribution in [2.24, 2.45) is 5.41 Å². The molecule has 5 nitrogen and oxygen atoms in total. The molecule has 4 N–H and O–H groups in total. The van der Waals surface area contributed by atoms with Crippen LogP contribution in [0.4, 0.5) is 17.2 Å². The standard InChI is InChI=1S/C13H23N5/c1-13(2,3)8-15-6-7-18-9-17-11-10(18)4-5-16-12(11)14/h4-5,15,17H,6-9H2,1-3H3,(H2,14,16). The van der Waals surface area contributed by atoms with Crippen LogP contribution in [0.5, 0.6) is 0 Å². The van der Waals surface area contributed by atoms with Gasteiger partial charge in [0.1, 0.15) is 11.5 Å². The highest BCUT2D eigenvalue weighted by Gasteiger charge is 2.20. The monoisotopic (exact) mass is 249 g/mol. The second-order valence-corrected chi connectivity index (χ2v) is 5.93. The van der Waals surface area contributed by atoms with Gasteiger partial charge in [-0.25, -0.2) is 4.98 Å². The molecule has 1 aliphatic heterocycles. The number of hydrogen-bond acceptors (Lipinski definition) is 5. The number of aromatic nitrogens is 1. The molecular weight excluding hydrogens is 226 g/mol. The van der Waals surface area contributed by atoms with Crippen molar-refractivity contribution in [3.63, 3.8) is 0 Å². The molecule has 1 aliphatic rings. The van der Waals surface area contributed by atoms with E-state index < -0.39 is 0 Å². The molecule has 2 heterocycles. The number of rotatable bonds is 4. The number of nitrogens with one attached hydrogen (secondary N) is 2. The topological polar surface area (TPSA) is 66.2 Å². The van der Waals surface area contributed by atoms with Gasteiger partial charge >= 0.3 is 0 Å². The summed E-state index contributed by atoms with van der Waals surface area (Å²) in [5, 5.41) is 6.77. The van der Waals surface area contributed by atoms with Crippen LogP contribution in [0.1, 0.15) is 20.8 Å². The molecule has 0 saturated heterocycles. The van der Waals surface area contributed by atoms with Crippen LogP contribution in [0.15, 0.2) is 12.3 Å². The third kappa shape index (κ3) is 3.04. The zero-order valence-electron chi connectivity index (χ0n) is 11.5. The summed E-state index contributed by atoms with van der Waals surface area (Å²) in [4.78, 5) is 6.37. The molecular formula is C13H23N5. The van der Waals surface area contributed by atoms with Crippen LogP contribution >= 0.6 is 0 Å². The van der Waals surface area contributed by atoms with Crippen molar-refractivity contribution in [2.75, 3.05) is 42.3 Å². The largest absolute Gasteiger partial charge is 0.382 e. The van der Waals surface area contributed by atoms with Crippen LogP contribution < -0.4 is 21.3 Å². The Morgan fingerprint density at radius 1 is 1.50 bits per heavy atom. The van der Waals surface area contributed by atoms with Gasteiger partial charge in [0, 0.05) is 25.8 Å². The summed E-state index contributed by atoms with van der Waals surface area (Å²) < 4.78 is 0. The summed E-state index contributed by atoms with van der Waals surface area (Å²) in [5.41, 5.74) is 8.28. The van der Waals surface area contributed by atoms with Gasteiger partial charge in [-0.05, 0) is 11.5 Å². The minimum absolute atomic E-state index is 0.329. The quantitative estimate of drug-likeness (QED) is 0.706. The second kappa shape index (κ2) is 5.02. The van der Waals surface area contributed by atoms with Crippen LogP contribution in [0.2, 0.25) is 0 Å². The lowest BCUT2D eigenvalue weighted by atomic mass is 9.97. The molecule has 5 heteroatoms. The second-order valence-electron chi connectivity index (χ2n) is 5.93. The van der Waals surface area contributed by atoms with E-state index >= 15 is 0 Å². The Hall–Kier alpha value is -1.49. The zero-order chi connectivity index (χ0) is 13.2. The lowest BCUT2D eigenvalue weighted by molar-refractivity contribution is 0.382. The van der Waals surface area contributed by atoms with Crippen molar-refractivity contribution in [3.05, 3.63) is 12.3 Å². The van der Waals surface area contributed by atoms with Gasteiger partial charge in [0.15, 0.2) is 0 Å². The van der Waals surface area contributed by atoms with E-state index in [9.17, 15) is 0 Å². The average molecular weight is 249 g/mol. The van der Waals surface area contributed by atoms with Crippen molar-refractivity contribution >= 4 is 17.2 Å². The fourth-order valence-corrected chi connectivity index (χ4v) is 2.05. The molecule has 18 heavy (non-hydrogen) atoms. The number of pyridine rings is 1. The summed E-state index contributed by atoms with van der Waals surface area (Å²) >= 11 is 0. The van der Waals surface area contributed by atoms with Crippen molar-refractivity contribution in [2.45, 2.75) is 20.8 Å². The van der Waals surface area contributed by atoms with Crippen LogP contribution in [0, 0.1) is 5.41 Å². The maximum absolute atomic E-state index is 5.83. The van der Waals surface area contributed by atoms with E-state index in [2.05, 4.69) is 41.3 Å². The third-order valence-corrected chi connectivity index (χ3v) is 2.96. The average Bonchev–Trinajstić information content (AvgIpc) is 2.68. The van der Waals surface area contributed by atoms with Crippen molar-refractivity contribution in [1.29, 1.82) is 0 Å². The summed E-state index contributed by atoms with van der Waals surface area (Å²) in [7, 11) is 0. The summed E-state index contributed by atoms with van der Waals surface area (Å²) in [6, 6.07) is 2.01. The van der Waals surface area contributed by atoms with Gasteiger partial charge in [0.25, 0.3) is 0 Å². The number of fused-ring (bicyclic) bond motifs is 1. The predicted molar refractivity (Wildman–Crippen MR) is 76.8 cm³/mol. The molecule has 0 bridgehead atoms. The minimum atomic E-state index is 0.329. The fraction of sp³-hybridized carbons (Fsp3) is 0.615. The highest BCUT2D eigenvalue weighted by Crippen LogP contribution is 2.33. The molecule has 0 spiro atoms. The van der Waals surface area contributed by atoms with E-state index in [1.54, 1.807) is 6.20 Å². The Balaban J connectivity index is 1.85. The maximum atomic E-state index is 5.83. The molecule has 0 radical (unpaired) electrons. The number of hydrogen-bond donors (Lipinski definition) is 3. The number of nitrogens with two attached hydrogens (primary N) is 1. The number of nitrogens with zero attached hydrogens (tertiary/aromatic N) is 2. The van der Waals surface area contributed by atoms with Gasteiger partial charge in [-0.1, -0.05) is 20.8 Å². The first-order valence-electron chi connectivity index (χ1n) is 6.41. The first-order chi connectivity index (χ1) is 8.47. The van der Waals surface area contributed by atoms with Gasteiger partial charge in [0.2, 0.25) is 0 Å². The molecule has 0 unspecified atom stereocenters. The Kier molecular flexibility index (Phi) is 3.61. The van der Waals surface area contributed by atoms with Crippen LogP contribution in [0.25, 0.3) is 0 Å². The summed E-state index contributed by atoms with van der Waals surface area (Å²) in [5.74, 6) is 0.581. The van der Waals surface area contributed by atoms with E-state index in [-0.39, 0.29) is 0 Å². The Morgan fingerprint density at radius 2 is 2.28 bits per heavy atom. The molecule has 0 atom stereocenters. The number of anilines is 3. The first kappa shape index (κ1) is 13.0. The molecule has 0 saturated carbocycles. The van der Waals surface area contributed by atoms with Crippen LogP contribution in [-0.2, 0) is 0 Å². The normalized spacial score (nSPS) is 14.5. The Morgan fingerprint density at radius 3 is 3.00 bits per heavy atom. The van der Waals surface area contributed by atoms with Crippen molar-refractivity contribution in [1.82, 2.24) is 10.3 Å². The fourth-order valence-electron chi connectivity index (χ4n) is 2.05.